The average Bonchev–Trinajstić information content (AvgIpc) is 2.57. The third kappa shape index (κ3) is 2.81. The van der Waals surface area contributed by atoms with Gasteiger partial charge < -0.3 is 9.94 Å². The molecule has 0 aliphatic rings. The highest BCUT2D eigenvalue weighted by Crippen LogP contribution is 2.25. The molecule has 3 aromatic rings. The first-order valence-electron chi connectivity index (χ1n) is 6.76. The number of rotatable bonds is 3. The number of carbonyl (C=O) groups excluding carboxylic acids is 1. The van der Waals surface area contributed by atoms with E-state index in [0.29, 0.717) is 11.1 Å². The molecule has 0 heterocycles. The van der Waals surface area contributed by atoms with Crippen LogP contribution in [0.25, 0.3) is 10.8 Å². The van der Waals surface area contributed by atoms with Crippen LogP contribution in [0.5, 0.6) is 5.75 Å². The summed E-state index contributed by atoms with van der Waals surface area (Å²) in [6.45, 7) is 0. The van der Waals surface area contributed by atoms with Crippen molar-refractivity contribution in [1.82, 2.24) is 0 Å². The Balaban J connectivity index is 1.84. The minimum atomic E-state index is -0.545. The molecular weight excluding hydrogens is 278 g/mol. The molecule has 1 N–H and O–H groups in total. The molecule has 0 saturated heterocycles. The van der Waals surface area contributed by atoms with Crippen LogP contribution in [0.3, 0.4) is 0 Å². The lowest BCUT2D eigenvalue weighted by atomic mass is 10.0. The van der Waals surface area contributed by atoms with Crippen molar-refractivity contribution >= 4 is 23.0 Å². The molecule has 0 atom stereocenters. The SMILES string of the molecule is O=C(ON=Cc1c(O)ccc2ccccc12)c1ccccc1. The molecule has 3 rings (SSSR count). The third-order valence-corrected chi connectivity index (χ3v) is 3.27. The molecule has 0 radical (unpaired) electrons. The smallest absolute Gasteiger partial charge is 0.365 e. The summed E-state index contributed by atoms with van der Waals surface area (Å²) in [5, 5.41) is 15.5. The van der Waals surface area contributed by atoms with Gasteiger partial charge in [-0.15, -0.1) is 0 Å². The summed E-state index contributed by atoms with van der Waals surface area (Å²) < 4.78 is 0. The molecule has 4 nitrogen and oxygen atoms in total. The van der Waals surface area contributed by atoms with E-state index in [2.05, 4.69) is 5.16 Å². The van der Waals surface area contributed by atoms with E-state index in [1.165, 1.54) is 6.21 Å². The summed E-state index contributed by atoms with van der Waals surface area (Å²) in [6, 6.07) is 19.6. The van der Waals surface area contributed by atoms with Crippen LogP contribution in [-0.2, 0) is 4.84 Å². The van der Waals surface area contributed by atoms with Crippen molar-refractivity contribution in [3.63, 3.8) is 0 Å². The molecule has 0 spiro atoms. The standard InChI is InChI=1S/C18H13NO3/c20-17-11-10-13-6-4-5-9-15(13)16(17)12-19-22-18(21)14-7-2-1-3-8-14/h1-12,20H. The molecule has 0 aromatic heterocycles. The summed E-state index contributed by atoms with van der Waals surface area (Å²) in [4.78, 5) is 16.6. The molecule has 0 amide bonds. The summed E-state index contributed by atoms with van der Waals surface area (Å²) in [5.74, 6) is -0.463. The predicted octanol–water partition coefficient (Wildman–Crippen LogP) is 3.74. The average molecular weight is 291 g/mol. The normalized spacial score (nSPS) is 10.9. The van der Waals surface area contributed by atoms with Gasteiger partial charge in [-0.1, -0.05) is 53.7 Å². The Morgan fingerprint density at radius 3 is 2.50 bits per heavy atom. The first kappa shape index (κ1) is 13.8. The molecule has 4 heteroatoms. The van der Waals surface area contributed by atoms with Gasteiger partial charge in [0.25, 0.3) is 0 Å². The first-order valence-corrected chi connectivity index (χ1v) is 6.76. The zero-order chi connectivity index (χ0) is 15.4. The second-order valence-electron chi connectivity index (χ2n) is 4.70. The van der Waals surface area contributed by atoms with Crippen molar-refractivity contribution in [2.24, 2.45) is 5.16 Å². The number of carbonyl (C=O) groups is 1. The van der Waals surface area contributed by atoms with Gasteiger partial charge in [0.2, 0.25) is 0 Å². The Labute approximate surface area is 127 Å². The number of nitrogens with zero attached hydrogens (tertiary/aromatic N) is 1. The molecule has 0 aliphatic heterocycles. The van der Waals surface area contributed by atoms with Crippen molar-refractivity contribution in [2.75, 3.05) is 0 Å². The van der Waals surface area contributed by atoms with Crippen molar-refractivity contribution in [3.8, 4) is 5.75 Å². The fraction of sp³-hybridized carbons (Fsp3) is 0. The Morgan fingerprint density at radius 2 is 1.68 bits per heavy atom. The number of aromatic hydroxyl groups is 1. The number of hydrogen-bond donors (Lipinski definition) is 1. The van der Waals surface area contributed by atoms with Crippen molar-refractivity contribution in [1.29, 1.82) is 0 Å². The quantitative estimate of drug-likeness (QED) is 0.454. The molecule has 0 unspecified atom stereocenters. The van der Waals surface area contributed by atoms with Gasteiger partial charge in [0.1, 0.15) is 5.75 Å². The monoisotopic (exact) mass is 291 g/mol. The first-order chi connectivity index (χ1) is 10.8. The zero-order valence-electron chi connectivity index (χ0n) is 11.6. The number of hydrogen-bond acceptors (Lipinski definition) is 4. The van der Waals surface area contributed by atoms with E-state index in [9.17, 15) is 9.90 Å². The topological polar surface area (TPSA) is 58.9 Å². The number of phenols is 1. The number of oxime groups is 1. The highest BCUT2D eigenvalue weighted by Gasteiger charge is 2.07. The third-order valence-electron chi connectivity index (χ3n) is 3.27. The maximum atomic E-state index is 11.8. The second kappa shape index (κ2) is 6.10. The van der Waals surface area contributed by atoms with Crippen molar-refractivity contribution in [2.45, 2.75) is 0 Å². The van der Waals surface area contributed by atoms with Gasteiger partial charge in [-0.2, -0.15) is 0 Å². The molecular formula is C18H13NO3. The van der Waals surface area contributed by atoms with Crippen LogP contribution < -0.4 is 0 Å². The van der Waals surface area contributed by atoms with Gasteiger partial charge in [-0.3, -0.25) is 0 Å². The zero-order valence-corrected chi connectivity index (χ0v) is 11.6. The van der Waals surface area contributed by atoms with Crippen LogP contribution in [0.1, 0.15) is 15.9 Å². The Kier molecular flexibility index (Phi) is 3.83. The maximum Gasteiger partial charge on any atom is 0.365 e. The second-order valence-corrected chi connectivity index (χ2v) is 4.70. The minimum Gasteiger partial charge on any atom is -0.507 e. The molecule has 0 fully saturated rings. The number of phenolic OH excluding ortho intramolecular Hbond substituents is 1. The lowest BCUT2D eigenvalue weighted by Crippen LogP contribution is -2.00. The predicted molar refractivity (Wildman–Crippen MR) is 85.1 cm³/mol. The fourth-order valence-electron chi connectivity index (χ4n) is 2.17. The van der Waals surface area contributed by atoms with Crippen LogP contribution >= 0.6 is 0 Å². The Bertz CT molecular complexity index is 841. The minimum absolute atomic E-state index is 0.0817. The van der Waals surface area contributed by atoms with Crippen LogP contribution in [0.15, 0.2) is 71.9 Å². The largest absolute Gasteiger partial charge is 0.507 e. The van der Waals surface area contributed by atoms with Gasteiger partial charge in [0.05, 0.1) is 11.8 Å². The van der Waals surface area contributed by atoms with Gasteiger partial charge in [-0.25, -0.2) is 4.79 Å². The fourth-order valence-corrected chi connectivity index (χ4v) is 2.17. The van der Waals surface area contributed by atoms with E-state index in [1.54, 1.807) is 30.3 Å². The molecule has 3 aromatic carbocycles. The number of benzene rings is 3. The molecule has 108 valence electrons. The van der Waals surface area contributed by atoms with Gasteiger partial charge in [0.15, 0.2) is 0 Å². The summed E-state index contributed by atoms with van der Waals surface area (Å²) in [5.41, 5.74) is 0.931. The van der Waals surface area contributed by atoms with Crippen LogP contribution in [0, 0.1) is 0 Å². The van der Waals surface area contributed by atoms with E-state index >= 15 is 0 Å². The molecule has 0 aliphatic carbocycles. The Morgan fingerprint density at radius 1 is 0.955 bits per heavy atom. The molecule has 0 bridgehead atoms. The van der Waals surface area contributed by atoms with Crippen LogP contribution in [-0.4, -0.2) is 17.3 Å². The lowest BCUT2D eigenvalue weighted by Gasteiger charge is -2.04. The van der Waals surface area contributed by atoms with E-state index in [-0.39, 0.29) is 5.75 Å². The van der Waals surface area contributed by atoms with Gasteiger partial charge in [0, 0.05) is 5.56 Å². The van der Waals surface area contributed by atoms with E-state index in [4.69, 9.17) is 4.84 Å². The lowest BCUT2D eigenvalue weighted by molar-refractivity contribution is 0.0519. The van der Waals surface area contributed by atoms with Crippen LogP contribution in [0.4, 0.5) is 0 Å². The summed E-state index contributed by atoms with van der Waals surface area (Å²) in [7, 11) is 0. The van der Waals surface area contributed by atoms with Crippen molar-refractivity contribution in [3.05, 3.63) is 77.9 Å². The molecule has 22 heavy (non-hydrogen) atoms. The van der Waals surface area contributed by atoms with Crippen molar-refractivity contribution < 1.29 is 14.7 Å². The van der Waals surface area contributed by atoms with Gasteiger partial charge in [-0.05, 0) is 29.0 Å². The van der Waals surface area contributed by atoms with Gasteiger partial charge >= 0.3 is 5.97 Å². The summed E-state index contributed by atoms with van der Waals surface area (Å²) >= 11 is 0. The summed E-state index contributed by atoms with van der Waals surface area (Å²) in [6.07, 6.45) is 1.35. The highest BCUT2D eigenvalue weighted by molar-refractivity contribution is 6.02. The molecule has 0 saturated carbocycles. The number of fused-ring (bicyclic) bond motifs is 1. The van der Waals surface area contributed by atoms with E-state index < -0.39 is 5.97 Å². The Hall–Kier alpha value is -3.14. The van der Waals surface area contributed by atoms with E-state index in [1.807, 2.05) is 36.4 Å². The van der Waals surface area contributed by atoms with Crippen LogP contribution in [0.2, 0.25) is 0 Å². The highest BCUT2D eigenvalue weighted by atomic mass is 16.7. The maximum absolute atomic E-state index is 11.8. The van der Waals surface area contributed by atoms with E-state index in [0.717, 1.165) is 10.8 Å².